The van der Waals surface area contributed by atoms with Crippen LogP contribution in [0.5, 0.6) is 0 Å². The van der Waals surface area contributed by atoms with E-state index in [1.807, 2.05) is 11.8 Å². The Balaban J connectivity index is 2.20. The Morgan fingerprint density at radius 3 is 2.50 bits per heavy atom. The second kappa shape index (κ2) is 4.92. The number of nitrogens with two attached hydrogens (primary N) is 1. The number of hydrogen-bond acceptors (Lipinski definition) is 4. The molecule has 1 amide bonds. The van der Waals surface area contributed by atoms with Crippen LogP contribution >= 0.6 is 0 Å². The molecule has 5 nitrogen and oxygen atoms in total. The van der Waals surface area contributed by atoms with Crippen LogP contribution in [0, 0.1) is 18.8 Å². The molecular formula is C13H20N4O. The summed E-state index contributed by atoms with van der Waals surface area (Å²) in [7, 11) is 0. The SMILES string of the molecule is Cc1cc(C(=O)N2CC(C)CC(C)C2)nc(N)n1. The Morgan fingerprint density at radius 2 is 1.94 bits per heavy atom. The number of piperidine rings is 1. The van der Waals surface area contributed by atoms with Crippen LogP contribution in [0.3, 0.4) is 0 Å². The van der Waals surface area contributed by atoms with E-state index < -0.39 is 0 Å². The molecule has 2 atom stereocenters. The van der Waals surface area contributed by atoms with Crippen molar-refractivity contribution in [3.63, 3.8) is 0 Å². The van der Waals surface area contributed by atoms with Gasteiger partial charge in [-0.25, -0.2) is 9.97 Å². The monoisotopic (exact) mass is 248 g/mol. The van der Waals surface area contributed by atoms with Crippen LogP contribution in [-0.2, 0) is 0 Å². The van der Waals surface area contributed by atoms with Crippen molar-refractivity contribution in [1.82, 2.24) is 14.9 Å². The highest BCUT2D eigenvalue weighted by atomic mass is 16.2. The maximum Gasteiger partial charge on any atom is 0.272 e. The van der Waals surface area contributed by atoms with Gasteiger partial charge in [-0.1, -0.05) is 13.8 Å². The zero-order valence-corrected chi connectivity index (χ0v) is 11.2. The first-order valence-electron chi connectivity index (χ1n) is 6.36. The lowest BCUT2D eigenvalue weighted by Gasteiger charge is -2.34. The van der Waals surface area contributed by atoms with Crippen molar-refractivity contribution < 1.29 is 4.79 Å². The highest BCUT2D eigenvalue weighted by molar-refractivity contribution is 5.92. The van der Waals surface area contributed by atoms with E-state index in [9.17, 15) is 4.79 Å². The first-order chi connectivity index (χ1) is 8.45. The molecule has 5 heteroatoms. The minimum atomic E-state index is -0.0365. The van der Waals surface area contributed by atoms with E-state index in [4.69, 9.17) is 5.73 Å². The van der Waals surface area contributed by atoms with Gasteiger partial charge in [-0.15, -0.1) is 0 Å². The van der Waals surface area contributed by atoms with Gasteiger partial charge in [0.2, 0.25) is 5.95 Å². The highest BCUT2D eigenvalue weighted by Gasteiger charge is 2.27. The summed E-state index contributed by atoms with van der Waals surface area (Å²) < 4.78 is 0. The van der Waals surface area contributed by atoms with E-state index in [0.717, 1.165) is 18.8 Å². The molecule has 0 radical (unpaired) electrons. The lowest BCUT2D eigenvalue weighted by Crippen LogP contribution is -2.43. The normalized spacial score (nSPS) is 24.1. The summed E-state index contributed by atoms with van der Waals surface area (Å²) in [4.78, 5) is 22.3. The van der Waals surface area contributed by atoms with Crippen molar-refractivity contribution in [3.05, 3.63) is 17.5 Å². The van der Waals surface area contributed by atoms with Crippen molar-refractivity contribution in [3.8, 4) is 0 Å². The molecule has 0 bridgehead atoms. The maximum absolute atomic E-state index is 12.4. The summed E-state index contributed by atoms with van der Waals surface area (Å²) in [6.07, 6.45) is 1.18. The highest BCUT2D eigenvalue weighted by Crippen LogP contribution is 2.22. The Bertz CT molecular complexity index is 430. The number of aromatic nitrogens is 2. The van der Waals surface area contributed by atoms with Gasteiger partial charge in [-0.3, -0.25) is 4.79 Å². The summed E-state index contributed by atoms with van der Waals surface area (Å²) in [6.45, 7) is 7.76. The van der Waals surface area contributed by atoms with Gasteiger partial charge in [-0.2, -0.15) is 0 Å². The second-order valence-corrected chi connectivity index (χ2v) is 5.41. The van der Waals surface area contributed by atoms with Gasteiger partial charge < -0.3 is 10.6 Å². The molecule has 2 N–H and O–H groups in total. The Labute approximate surface area is 107 Å². The van der Waals surface area contributed by atoms with Crippen molar-refractivity contribution in [1.29, 1.82) is 0 Å². The van der Waals surface area contributed by atoms with Crippen molar-refractivity contribution in [2.24, 2.45) is 11.8 Å². The third kappa shape index (κ3) is 2.78. The average Bonchev–Trinajstić information content (AvgIpc) is 2.25. The molecule has 98 valence electrons. The molecule has 0 aromatic carbocycles. The van der Waals surface area contributed by atoms with E-state index >= 15 is 0 Å². The van der Waals surface area contributed by atoms with Crippen LogP contribution in [0.15, 0.2) is 6.07 Å². The van der Waals surface area contributed by atoms with Gasteiger partial charge in [0.15, 0.2) is 0 Å². The van der Waals surface area contributed by atoms with Crippen molar-refractivity contribution >= 4 is 11.9 Å². The number of nitrogen functional groups attached to an aromatic ring is 1. The number of nitrogens with zero attached hydrogens (tertiary/aromatic N) is 3. The van der Waals surface area contributed by atoms with E-state index in [1.54, 1.807) is 6.07 Å². The summed E-state index contributed by atoms with van der Waals surface area (Å²) in [6, 6.07) is 1.70. The molecule has 1 fully saturated rings. The summed E-state index contributed by atoms with van der Waals surface area (Å²) in [5.74, 6) is 1.21. The van der Waals surface area contributed by atoms with Crippen molar-refractivity contribution in [2.75, 3.05) is 18.8 Å². The number of aryl methyl sites for hydroxylation is 1. The maximum atomic E-state index is 12.4. The fraction of sp³-hybridized carbons (Fsp3) is 0.615. The number of rotatable bonds is 1. The molecule has 0 saturated carbocycles. The van der Waals surface area contributed by atoms with Gasteiger partial charge in [-0.05, 0) is 31.2 Å². The third-order valence-electron chi connectivity index (χ3n) is 3.25. The molecule has 0 spiro atoms. The lowest BCUT2D eigenvalue weighted by atomic mass is 9.92. The molecule has 2 unspecified atom stereocenters. The first-order valence-corrected chi connectivity index (χ1v) is 6.36. The summed E-state index contributed by atoms with van der Waals surface area (Å²) in [5.41, 5.74) is 6.72. The number of likely N-dealkylation sites (tertiary alicyclic amines) is 1. The van der Waals surface area contributed by atoms with Crippen molar-refractivity contribution in [2.45, 2.75) is 27.2 Å². The summed E-state index contributed by atoms with van der Waals surface area (Å²) >= 11 is 0. The molecule has 0 aliphatic carbocycles. The molecule has 1 saturated heterocycles. The van der Waals surface area contributed by atoms with Crippen LogP contribution in [-0.4, -0.2) is 33.9 Å². The average molecular weight is 248 g/mol. The molecule has 2 heterocycles. The van der Waals surface area contributed by atoms with Gasteiger partial charge in [0.1, 0.15) is 5.69 Å². The predicted octanol–water partition coefficient (Wildman–Crippen LogP) is 1.49. The van der Waals surface area contributed by atoms with Gasteiger partial charge in [0.25, 0.3) is 5.91 Å². The largest absolute Gasteiger partial charge is 0.368 e. The Hall–Kier alpha value is -1.65. The predicted molar refractivity (Wildman–Crippen MR) is 70.0 cm³/mol. The smallest absolute Gasteiger partial charge is 0.272 e. The fourth-order valence-electron chi connectivity index (χ4n) is 2.69. The molecule has 2 rings (SSSR count). The van der Waals surface area contributed by atoms with Crippen LogP contribution < -0.4 is 5.73 Å². The van der Waals surface area contributed by atoms with Crippen LogP contribution in [0.1, 0.15) is 36.5 Å². The van der Waals surface area contributed by atoms with Gasteiger partial charge in [0, 0.05) is 18.8 Å². The quantitative estimate of drug-likeness (QED) is 0.817. The molecule has 1 aliphatic heterocycles. The third-order valence-corrected chi connectivity index (χ3v) is 3.25. The number of carbonyl (C=O) groups excluding carboxylic acids is 1. The number of anilines is 1. The standard InChI is InChI=1S/C13H20N4O/c1-8-4-9(2)7-17(6-8)12(18)11-5-10(3)15-13(14)16-11/h5,8-9H,4,6-7H2,1-3H3,(H2,14,15,16). The number of amides is 1. The van der Waals surface area contributed by atoms with E-state index in [1.165, 1.54) is 6.42 Å². The molecule has 18 heavy (non-hydrogen) atoms. The first kappa shape index (κ1) is 12.8. The van der Waals surface area contributed by atoms with Crippen LogP contribution in [0.4, 0.5) is 5.95 Å². The lowest BCUT2D eigenvalue weighted by molar-refractivity contribution is 0.0617. The van der Waals surface area contributed by atoms with E-state index in [2.05, 4.69) is 23.8 Å². The minimum absolute atomic E-state index is 0.0365. The summed E-state index contributed by atoms with van der Waals surface area (Å²) in [5, 5.41) is 0. The van der Waals surface area contributed by atoms with E-state index in [0.29, 0.717) is 17.5 Å². The van der Waals surface area contributed by atoms with Crippen LogP contribution in [0.25, 0.3) is 0 Å². The zero-order chi connectivity index (χ0) is 13.3. The Kier molecular flexibility index (Phi) is 3.50. The minimum Gasteiger partial charge on any atom is -0.368 e. The fourth-order valence-corrected chi connectivity index (χ4v) is 2.69. The van der Waals surface area contributed by atoms with Crippen LogP contribution in [0.2, 0.25) is 0 Å². The zero-order valence-electron chi connectivity index (χ0n) is 11.2. The van der Waals surface area contributed by atoms with Gasteiger partial charge >= 0.3 is 0 Å². The molecule has 1 aliphatic rings. The molecular weight excluding hydrogens is 228 g/mol. The van der Waals surface area contributed by atoms with Gasteiger partial charge in [0.05, 0.1) is 0 Å². The second-order valence-electron chi connectivity index (χ2n) is 5.41. The number of hydrogen-bond donors (Lipinski definition) is 1. The topological polar surface area (TPSA) is 72.1 Å². The molecule has 1 aromatic rings. The number of carbonyl (C=O) groups is 1. The molecule has 1 aromatic heterocycles. The Morgan fingerprint density at radius 1 is 1.33 bits per heavy atom. The van der Waals surface area contributed by atoms with E-state index in [-0.39, 0.29) is 11.9 Å².